The Morgan fingerprint density at radius 1 is 1.36 bits per heavy atom. The van der Waals surface area contributed by atoms with Crippen LogP contribution in [0.1, 0.15) is 17.2 Å². The van der Waals surface area contributed by atoms with Crippen LogP contribution in [-0.2, 0) is 4.79 Å². The predicted molar refractivity (Wildman–Crippen MR) is 51.8 cm³/mol. The number of hydrogen-bond acceptors (Lipinski definition) is 3. The quantitative estimate of drug-likeness (QED) is 0.653. The third-order valence-corrected chi connectivity index (χ3v) is 2.04. The molecule has 0 unspecified atom stereocenters. The number of hydrogen-bond donors (Lipinski definition) is 3. The number of aliphatic carboxylic acids is 1. The van der Waals surface area contributed by atoms with E-state index in [1.165, 1.54) is 0 Å². The summed E-state index contributed by atoms with van der Waals surface area (Å²) in [5.41, 5.74) is 6.85. The van der Waals surface area contributed by atoms with Gasteiger partial charge in [0, 0.05) is 0 Å². The molecule has 4 heteroatoms. The number of carboxylic acid groups (broad SMARTS) is 1. The van der Waals surface area contributed by atoms with Crippen LogP contribution in [-0.4, -0.2) is 22.2 Å². The Bertz CT molecular complexity index is 321. The zero-order valence-electron chi connectivity index (χ0n) is 7.84. The van der Waals surface area contributed by atoms with E-state index in [9.17, 15) is 9.90 Å². The van der Waals surface area contributed by atoms with E-state index >= 15 is 0 Å². The van der Waals surface area contributed by atoms with Crippen LogP contribution in [0.2, 0.25) is 0 Å². The number of aliphatic hydroxyl groups excluding tert-OH is 1. The van der Waals surface area contributed by atoms with Gasteiger partial charge in [-0.2, -0.15) is 0 Å². The van der Waals surface area contributed by atoms with E-state index in [4.69, 9.17) is 10.8 Å². The smallest absolute Gasteiger partial charge is 0.323 e. The number of carbonyl (C=O) groups is 1. The number of aryl methyl sites for hydroxylation is 1. The van der Waals surface area contributed by atoms with Crippen molar-refractivity contribution in [3.63, 3.8) is 0 Å². The minimum atomic E-state index is -1.28. The lowest BCUT2D eigenvalue weighted by molar-refractivity contribution is -0.141. The maximum Gasteiger partial charge on any atom is 0.323 e. The molecule has 0 saturated heterocycles. The van der Waals surface area contributed by atoms with Crippen molar-refractivity contribution >= 4 is 5.97 Å². The minimum Gasteiger partial charge on any atom is -0.480 e. The van der Waals surface area contributed by atoms with Crippen LogP contribution in [0, 0.1) is 6.92 Å². The molecule has 0 aliphatic rings. The van der Waals surface area contributed by atoms with Gasteiger partial charge in [0.05, 0.1) is 0 Å². The molecule has 0 bridgehead atoms. The highest BCUT2D eigenvalue weighted by Crippen LogP contribution is 2.16. The molecule has 14 heavy (non-hydrogen) atoms. The normalized spacial score (nSPS) is 14.8. The molecular weight excluding hydrogens is 182 g/mol. The molecule has 2 atom stereocenters. The molecule has 1 rings (SSSR count). The SMILES string of the molecule is Cc1ccc([C@@H](O)[C@@H](N)C(=O)O)cc1. The van der Waals surface area contributed by atoms with E-state index < -0.39 is 18.1 Å². The summed E-state index contributed by atoms with van der Waals surface area (Å²) < 4.78 is 0. The molecule has 1 aromatic rings. The van der Waals surface area contributed by atoms with Crippen molar-refractivity contribution in [3.8, 4) is 0 Å². The number of nitrogens with two attached hydrogens (primary N) is 1. The summed E-state index contributed by atoms with van der Waals surface area (Å²) >= 11 is 0. The molecule has 0 aliphatic carbocycles. The van der Waals surface area contributed by atoms with Crippen LogP contribution in [0.5, 0.6) is 0 Å². The van der Waals surface area contributed by atoms with Crippen LogP contribution >= 0.6 is 0 Å². The number of aliphatic hydroxyl groups is 1. The molecule has 1 aromatic carbocycles. The lowest BCUT2D eigenvalue weighted by Crippen LogP contribution is -2.36. The lowest BCUT2D eigenvalue weighted by Gasteiger charge is -2.15. The minimum absolute atomic E-state index is 0.519. The lowest BCUT2D eigenvalue weighted by atomic mass is 10.0. The molecule has 0 amide bonds. The van der Waals surface area contributed by atoms with Gasteiger partial charge in [0.2, 0.25) is 0 Å². The summed E-state index contributed by atoms with van der Waals surface area (Å²) in [5, 5.41) is 18.1. The van der Waals surface area contributed by atoms with Gasteiger partial charge in [0.1, 0.15) is 12.1 Å². The predicted octanol–water partition coefficient (Wildman–Crippen LogP) is 0.440. The van der Waals surface area contributed by atoms with Gasteiger partial charge < -0.3 is 15.9 Å². The van der Waals surface area contributed by atoms with Crippen LogP contribution in [0.15, 0.2) is 24.3 Å². The summed E-state index contributed by atoms with van der Waals surface area (Å²) in [6.07, 6.45) is -1.16. The van der Waals surface area contributed by atoms with Gasteiger partial charge in [-0.15, -0.1) is 0 Å². The summed E-state index contributed by atoms with van der Waals surface area (Å²) in [7, 11) is 0. The van der Waals surface area contributed by atoms with E-state index in [1.807, 2.05) is 6.92 Å². The van der Waals surface area contributed by atoms with Crippen LogP contribution in [0.25, 0.3) is 0 Å². The van der Waals surface area contributed by atoms with Crippen LogP contribution in [0.3, 0.4) is 0 Å². The topological polar surface area (TPSA) is 83.5 Å². The Morgan fingerprint density at radius 2 is 1.86 bits per heavy atom. The first-order chi connectivity index (χ1) is 6.52. The van der Waals surface area contributed by atoms with Gasteiger partial charge in [-0.1, -0.05) is 29.8 Å². The number of carboxylic acids is 1. The van der Waals surface area contributed by atoms with E-state index in [0.717, 1.165) is 5.56 Å². The first-order valence-electron chi connectivity index (χ1n) is 4.25. The maximum absolute atomic E-state index is 10.5. The number of rotatable bonds is 3. The molecule has 4 N–H and O–H groups in total. The van der Waals surface area contributed by atoms with E-state index in [2.05, 4.69) is 0 Å². The van der Waals surface area contributed by atoms with Crippen LogP contribution < -0.4 is 5.73 Å². The molecule has 0 heterocycles. The second-order valence-electron chi connectivity index (χ2n) is 3.22. The Morgan fingerprint density at radius 3 is 2.29 bits per heavy atom. The highest BCUT2D eigenvalue weighted by molar-refractivity contribution is 5.74. The van der Waals surface area contributed by atoms with Gasteiger partial charge in [0.25, 0.3) is 0 Å². The molecule has 0 saturated carbocycles. The summed E-state index contributed by atoms with van der Waals surface area (Å²) in [4.78, 5) is 10.5. The molecule has 0 fully saturated rings. The summed E-state index contributed by atoms with van der Waals surface area (Å²) in [6.45, 7) is 1.91. The van der Waals surface area contributed by atoms with Gasteiger partial charge in [-0.3, -0.25) is 4.79 Å². The zero-order valence-corrected chi connectivity index (χ0v) is 7.84. The van der Waals surface area contributed by atoms with E-state index in [1.54, 1.807) is 24.3 Å². The van der Waals surface area contributed by atoms with Gasteiger partial charge in [0.15, 0.2) is 0 Å². The standard InChI is InChI=1S/C10H13NO3/c1-6-2-4-7(5-3-6)9(12)8(11)10(13)14/h2-5,8-9,12H,11H2,1H3,(H,13,14)/t8-,9-/m1/s1. The Balaban J connectivity index is 2.84. The van der Waals surface area contributed by atoms with Crippen molar-refractivity contribution in [3.05, 3.63) is 35.4 Å². The van der Waals surface area contributed by atoms with Gasteiger partial charge in [-0.05, 0) is 12.5 Å². The molecule has 0 aliphatic heterocycles. The molecular formula is C10H13NO3. The molecule has 0 aromatic heterocycles. The summed E-state index contributed by atoms with van der Waals surface area (Å²) in [6, 6.07) is 5.66. The fourth-order valence-electron chi connectivity index (χ4n) is 1.11. The largest absolute Gasteiger partial charge is 0.480 e. The second-order valence-corrected chi connectivity index (χ2v) is 3.22. The fraction of sp³-hybridized carbons (Fsp3) is 0.300. The highest BCUT2D eigenvalue weighted by atomic mass is 16.4. The first-order valence-corrected chi connectivity index (χ1v) is 4.25. The maximum atomic E-state index is 10.5. The third kappa shape index (κ3) is 2.31. The molecule has 0 radical (unpaired) electrons. The molecule has 4 nitrogen and oxygen atoms in total. The van der Waals surface area contributed by atoms with E-state index in [-0.39, 0.29) is 0 Å². The molecule has 76 valence electrons. The van der Waals surface area contributed by atoms with Crippen LogP contribution in [0.4, 0.5) is 0 Å². The molecule has 0 spiro atoms. The third-order valence-electron chi connectivity index (χ3n) is 2.04. The highest BCUT2D eigenvalue weighted by Gasteiger charge is 2.22. The van der Waals surface area contributed by atoms with Gasteiger partial charge >= 0.3 is 5.97 Å². The van der Waals surface area contributed by atoms with Crippen molar-refractivity contribution in [2.75, 3.05) is 0 Å². The van der Waals surface area contributed by atoms with E-state index in [0.29, 0.717) is 5.56 Å². The Hall–Kier alpha value is -1.39. The van der Waals surface area contributed by atoms with Crippen molar-refractivity contribution < 1.29 is 15.0 Å². The average molecular weight is 195 g/mol. The Kier molecular flexibility index (Phi) is 3.22. The fourth-order valence-corrected chi connectivity index (χ4v) is 1.11. The second kappa shape index (κ2) is 4.21. The van der Waals surface area contributed by atoms with Crippen molar-refractivity contribution in [1.82, 2.24) is 0 Å². The van der Waals surface area contributed by atoms with Crippen molar-refractivity contribution in [2.24, 2.45) is 5.73 Å². The van der Waals surface area contributed by atoms with Crippen molar-refractivity contribution in [2.45, 2.75) is 19.1 Å². The Labute approximate surface area is 82.0 Å². The number of benzene rings is 1. The van der Waals surface area contributed by atoms with Gasteiger partial charge in [-0.25, -0.2) is 0 Å². The van der Waals surface area contributed by atoms with Crippen molar-refractivity contribution in [1.29, 1.82) is 0 Å². The zero-order chi connectivity index (χ0) is 10.7. The average Bonchev–Trinajstić information content (AvgIpc) is 2.16. The monoisotopic (exact) mass is 195 g/mol. The first kappa shape index (κ1) is 10.7. The summed E-state index contributed by atoms with van der Waals surface area (Å²) in [5.74, 6) is -1.21.